The monoisotopic (exact) mass is 240 g/mol. The number of halogens is 1. The minimum absolute atomic E-state index is 0.0531. The minimum Gasteiger partial charge on any atom is -0.383 e. The average Bonchev–Trinajstić information content (AvgIpc) is 2.28. The van der Waals surface area contributed by atoms with Gasteiger partial charge in [-0.1, -0.05) is 0 Å². The third-order valence-electron chi connectivity index (χ3n) is 2.04. The third-order valence-corrected chi connectivity index (χ3v) is 2.04. The van der Waals surface area contributed by atoms with Gasteiger partial charge in [-0.05, 0) is 19.1 Å². The normalized spacial score (nSPS) is 13.5. The van der Waals surface area contributed by atoms with Crippen LogP contribution in [0.1, 0.15) is 12.6 Å². The Morgan fingerprint density at radius 1 is 1.71 bits per heavy atom. The highest BCUT2D eigenvalue weighted by atomic mass is 19.1. The highest BCUT2D eigenvalue weighted by molar-refractivity contribution is 5.78. The molecule has 17 heavy (non-hydrogen) atoms. The van der Waals surface area contributed by atoms with Crippen molar-refractivity contribution in [2.24, 2.45) is 10.7 Å². The number of rotatable bonds is 5. The fourth-order valence-corrected chi connectivity index (χ4v) is 1.28. The second kappa shape index (κ2) is 6.80. The maximum absolute atomic E-state index is 13.2. The zero-order chi connectivity index (χ0) is 12.7. The predicted molar refractivity (Wildman–Crippen MR) is 64.0 cm³/mol. The maximum atomic E-state index is 13.2. The van der Waals surface area contributed by atoms with E-state index in [0.29, 0.717) is 6.61 Å². The third kappa shape index (κ3) is 4.78. The summed E-state index contributed by atoms with van der Waals surface area (Å²) in [7, 11) is 1.61. The molecule has 1 rings (SSSR count). The van der Waals surface area contributed by atoms with Crippen LogP contribution in [0.2, 0.25) is 0 Å². The van der Waals surface area contributed by atoms with E-state index in [-0.39, 0.29) is 30.1 Å². The first-order valence-electron chi connectivity index (χ1n) is 5.28. The average molecular weight is 240 g/mol. The molecular formula is C11H17FN4O. The van der Waals surface area contributed by atoms with Gasteiger partial charge in [0.05, 0.1) is 18.8 Å². The molecule has 1 aromatic heterocycles. The van der Waals surface area contributed by atoms with Gasteiger partial charge in [-0.2, -0.15) is 0 Å². The van der Waals surface area contributed by atoms with Crippen LogP contribution in [0.15, 0.2) is 23.3 Å². The first kappa shape index (κ1) is 13.4. The molecule has 0 aromatic carbocycles. The lowest BCUT2D eigenvalue weighted by Gasteiger charge is -2.12. The lowest BCUT2D eigenvalue weighted by Crippen LogP contribution is -2.40. The Morgan fingerprint density at radius 2 is 2.47 bits per heavy atom. The minimum atomic E-state index is -0.381. The van der Waals surface area contributed by atoms with Gasteiger partial charge < -0.3 is 15.8 Å². The largest absolute Gasteiger partial charge is 0.383 e. The van der Waals surface area contributed by atoms with Crippen molar-refractivity contribution in [1.82, 2.24) is 10.3 Å². The molecule has 6 heteroatoms. The number of nitrogens with one attached hydrogen (secondary N) is 1. The molecule has 0 spiro atoms. The van der Waals surface area contributed by atoms with Crippen LogP contribution in [-0.4, -0.2) is 30.7 Å². The Morgan fingerprint density at radius 3 is 3.12 bits per heavy atom. The quantitative estimate of drug-likeness (QED) is 0.586. The van der Waals surface area contributed by atoms with E-state index in [0.717, 1.165) is 0 Å². The Hall–Kier alpha value is -1.69. The Labute approximate surface area is 99.9 Å². The molecule has 1 atom stereocenters. The number of nitrogens with zero attached hydrogens (tertiary/aromatic N) is 2. The Balaban J connectivity index is 2.50. The van der Waals surface area contributed by atoms with E-state index < -0.39 is 0 Å². The number of ether oxygens (including phenoxy) is 1. The van der Waals surface area contributed by atoms with Crippen LogP contribution in [0.5, 0.6) is 0 Å². The maximum Gasteiger partial charge on any atom is 0.189 e. The molecule has 0 fully saturated rings. The molecule has 3 N–H and O–H groups in total. The van der Waals surface area contributed by atoms with Gasteiger partial charge >= 0.3 is 0 Å². The number of aromatic nitrogens is 1. The van der Waals surface area contributed by atoms with Gasteiger partial charge in [-0.15, -0.1) is 0 Å². The van der Waals surface area contributed by atoms with Gasteiger partial charge in [0.1, 0.15) is 5.82 Å². The van der Waals surface area contributed by atoms with Gasteiger partial charge in [0.15, 0.2) is 5.96 Å². The predicted octanol–water partition coefficient (Wildman–Crippen LogP) is 0.660. The van der Waals surface area contributed by atoms with Gasteiger partial charge in [-0.25, -0.2) is 9.38 Å². The summed E-state index contributed by atoms with van der Waals surface area (Å²) in [6.45, 7) is 2.55. The summed E-state index contributed by atoms with van der Waals surface area (Å²) in [5, 5.41) is 2.92. The lowest BCUT2D eigenvalue weighted by atomic mass is 10.3. The second-order valence-corrected chi connectivity index (χ2v) is 3.63. The summed E-state index contributed by atoms with van der Waals surface area (Å²) in [4.78, 5) is 7.88. The smallest absolute Gasteiger partial charge is 0.189 e. The van der Waals surface area contributed by atoms with Crippen LogP contribution in [-0.2, 0) is 11.3 Å². The van der Waals surface area contributed by atoms with Crippen molar-refractivity contribution >= 4 is 5.96 Å². The second-order valence-electron chi connectivity index (χ2n) is 3.63. The molecule has 1 heterocycles. The van der Waals surface area contributed by atoms with Crippen molar-refractivity contribution in [2.75, 3.05) is 13.7 Å². The molecule has 94 valence electrons. The zero-order valence-corrected chi connectivity index (χ0v) is 9.98. The molecule has 0 aliphatic rings. The van der Waals surface area contributed by atoms with Crippen molar-refractivity contribution in [2.45, 2.75) is 19.5 Å². The summed E-state index contributed by atoms with van der Waals surface area (Å²) >= 11 is 0. The number of methoxy groups -OCH3 is 1. The molecule has 0 amide bonds. The van der Waals surface area contributed by atoms with E-state index in [1.807, 2.05) is 6.92 Å². The summed E-state index contributed by atoms with van der Waals surface area (Å²) < 4.78 is 18.2. The first-order valence-corrected chi connectivity index (χ1v) is 5.28. The molecule has 0 aliphatic carbocycles. The summed E-state index contributed by atoms with van der Waals surface area (Å²) in [6, 6.07) is 2.93. The van der Waals surface area contributed by atoms with E-state index in [9.17, 15) is 4.39 Å². The SMILES string of the molecule is COCC(C)NC(N)=NCc1ncccc1F. The number of guanidine groups is 1. The van der Waals surface area contributed by atoms with E-state index >= 15 is 0 Å². The Kier molecular flexibility index (Phi) is 5.35. The number of aliphatic imine (C=N–C) groups is 1. The number of hydrogen-bond acceptors (Lipinski definition) is 3. The van der Waals surface area contributed by atoms with Gasteiger partial charge in [0.2, 0.25) is 0 Å². The van der Waals surface area contributed by atoms with Crippen LogP contribution in [0, 0.1) is 5.82 Å². The molecule has 1 aromatic rings. The van der Waals surface area contributed by atoms with Crippen LogP contribution in [0.4, 0.5) is 4.39 Å². The zero-order valence-electron chi connectivity index (χ0n) is 9.98. The molecule has 5 nitrogen and oxygen atoms in total. The van der Waals surface area contributed by atoms with Crippen LogP contribution >= 0.6 is 0 Å². The number of nitrogens with two attached hydrogens (primary N) is 1. The van der Waals surface area contributed by atoms with Gasteiger partial charge in [0, 0.05) is 19.3 Å². The van der Waals surface area contributed by atoms with E-state index in [2.05, 4.69) is 15.3 Å². The van der Waals surface area contributed by atoms with E-state index in [1.54, 1.807) is 7.11 Å². The van der Waals surface area contributed by atoms with E-state index in [4.69, 9.17) is 10.5 Å². The van der Waals surface area contributed by atoms with E-state index in [1.165, 1.54) is 18.3 Å². The van der Waals surface area contributed by atoms with Crippen molar-refractivity contribution in [3.8, 4) is 0 Å². The summed E-state index contributed by atoms with van der Waals surface area (Å²) in [5.74, 6) is -0.131. The van der Waals surface area contributed by atoms with Crippen LogP contribution in [0.25, 0.3) is 0 Å². The summed E-state index contributed by atoms with van der Waals surface area (Å²) in [5.41, 5.74) is 5.91. The van der Waals surface area contributed by atoms with Crippen molar-refractivity contribution in [1.29, 1.82) is 0 Å². The molecular weight excluding hydrogens is 223 g/mol. The summed E-state index contributed by atoms with van der Waals surface area (Å²) in [6.07, 6.45) is 1.52. The Bertz CT molecular complexity index is 383. The van der Waals surface area contributed by atoms with Crippen LogP contribution in [0.3, 0.4) is 0 Å². The highest BCUT2D eigenvalue weighted by Crippen LogP contribution is 2.03. The van der Waals surface area contributed by atoms with Gasteiger partial charge in [-0.3, -0.25) is 4.98 Å². The molecule has 0 aliphatic heterocycles. The number of pyridine rings is 1. The first-order chi connectivity index (χ1) is 8.13. The van der Waals surface area contributed by atoms with Crippen molar-refractivity contribution in [3.05, 3.63) is 29.8 Å². The topological polar surface area (TPSA) is 72.5 Å². The number of hydrogen-bond donors (Lipinski definition) is 2. The molecule has 0 saturated carbocycles. The van der Waals surface area contributed by atoms with Gasteiger partial charge in [0.25, 0.3) is 0 Å². The molecule has 0 radical (unpaired) electrons. The fourth-order valence-electron chi connectivity index (χ4n) is 1.28. The fraction of sp³-hybridized carbons (Fsp3) is 0.455. The molecule has 1 unspecified atom stereocenters. The lowest BCUT2D eigenvalue weighted by molar-refractivity contribution is 0.179. The molecule has 0 saturated heterocycles. The van der Waals surface area contributed by atoms with Crippen molar-refractivity contribution < 1.29 is 9.13 Å². The highest BCUT2D eigenvalue weighted by Gasteiger charge is 2.03. The molecule has 0 bridgehead atoms. The van der Waals surface area contributed by atoms with Crippen LogP contribution < -0.4 is 11.1 Å². The standard InChI is InChI=1S/C11H17FN4O/c1-8(7-17-2)16-11(13)15-6-10-9(12)4-3-5-14-10/h3-5,8H,6-7H2,1-2H3,(H3,13,15,16). The van der Waals surface area contributed by atoms with Crippen molar-refractivity contribution in [3.63, 3.8) is 0 Å².